The van der Waals surface area contributed by atoms with E-state index in [9.17, 15) is 0 Å². The second-order valence-electron chi connectivity index (χ2n) is 4.78. The Balaban J connectivity index is 0.000000791. The summed E-state index contributed by atoms with van der Waals surface area (Å²) in [6.45, 7) is 17.2. The summed E-state index contributed by atoms with van der Waals surface area (Å²) in [6, 6.07) is 0. The Bertz CT molecular complexity index is 216. The molecule has 0 saturated carbocycles. The minimum Gasteiger partial charge on any atom is -0.0953 e. The maximum Gasteiger partial charge on any atom is -0.0106 e. The van der Waals surface area contributed by atoms with Crippen LogP contribution in [0.2, 0.25) is 0 Å². The molecule has 0 aromatic rings. The molecule has 0 saturated heterocycles. The van der Waals surface area contributed by atoms with E-state index >= 15 is 0 Å². The molecule has 0 nitrogen and oxygen atoms in total. The van der Waals surface area contributed by atoms with Crippen molar-refractivity contribution in [2.75, 3.05) is 0 Å². The molecule has 1 aliphatic carbocycles. The van der Waals surface area contributed by atoms with E-state index in [4.69, 9.17) is 0 Å². The Hall–Kier alpha value is -0.520. The standard InChI is InChI=1S/C12H20.C2H6/c1-9(2)11-6-7-12(4,5)10(3)8-11;1-2/h8-9H,3,6-7H2,1-2,4-5H3;1-2H3. The van der Waals surface area contributed by atoms with Crippen LogP contribution in [0, 0.1) is 11.3 Å². The van der Waals surface area contributed by atoms with Crippen LogP contribution in [0.3, 0.4) is 0 Å². The fraction of sp³-hybridized carbons (Fsp3) is 0.714. The molecule has 0 aromatic carbocycles. The maximum atomic E-state index is 4.12. The third-order valence-corrected chi connectivity index (χ3v) is 3.01. The summed E-state index contributed by atoms with van der Waals surface area (Å²) in [7, 11) is 0. The molecule has 0 N–H and O–H groups in total. The topological polar surface area (TPSA) is 0 Å². The number of hydrogen-bond acceptors (Lipinski definition) is 0. The van der Waals surface area contributed by atoms with Crippen LogP contribution in [-0.4, -0.2) is 0 Å². The Morgan fingerprint density at radius 2 is 1.79 bits per heavy atom. The van der Waals surface area contributed by atoms with Crippen LogP contribution in [0.15, 0.2) is 23.8 Å². The molecule has 0 aliphatic heterocycles. The van der Waals surface area contributed by atoms with Gasteiger partial charge in [-0.2, -0.15) is 0 Å². The monoisotopic (exact) mass is 194 g/mol. The molecule has 0 amide bonds. The number of allylic oxidation sites excluding steroid dienone is 3. The van der Waals surface area contributed by atoms with E-state index in [1.807, 2.05) is 13.8 Å². The van der Waals surface area contributed by atoms with E-state index in [1.165, 1.54) is 18.4 Å². The minimum absolute atomic E-state index is 0.332. The van der Waals surface area contributed by atoms with Gasteiger partial charge in [-0.05, 0) is 29.7 Å². The quantitative estimate of drug-likeness (QED) is 0.553. The van der Waals surface area contributed by atoms with Gasteiger partial charge in [0.1, 0.15) is 0 Å². The lowest BCUT2D eigenvalue weighted by Gasteiger charge is -2.32. The Morgan fingerprint density at radius 3 is 2.14 bits per heavy atom. The maximum absolute atomic E-state index is 4.12. The van der Waals surface area contributed by atoms with Gasteiger partial charge < -0.3 is 0 Å². The summed E-state index contributed by atoms with van der Waals surface area (Å²) in [4.78, 5) is 0. The zero-order valence-electron chi connectivity index (χ0n) is 10.8. The third-order valence-electron chi connectivity index (χ3n) is 3.01. The molecule has 1 aliphatic rings. The fourth-order valence-corrected chi connectivity index (χ4v) is 1.56. The zero-order chi connectivity index (χ0) is 11.4. The molecular weight excluding hydrogens is 168 g/mol. The average molecular weight is 194 g/mol. The summed E-state index contributed by atoms with van der Waals surface area (Å²) in [5.41, 5.74) is 3.20. The molecule has 0 atom stereocenters. The van der Waals surface area contributed by atoms with Crippen molar-refractivity contribution in [1.29, 1.82) is 0 Å². The first-order valence-corrected chi connectivity index (χ1v) is 5.83. The first kappa shape index (κ1) is 13.5. The van der Waals surface area contributed by atoms with Crippen molar-refractivity contribution in [2.45, 2.75) is 54.4 Å². The van der Waals surface area contributed by atoms with E-state index in [0.717, 1.165) is 0 Å². The Labute approximate surface area is 90.1 Å². The van der Waals surface area contributed by atoms with Gasteiger partial charge in [0.25, 0.3) is 0 Å². The van der Waals surface area contributed by atoms with Gasteiger partial charge in [-0.3, -0.25) is 0 Å². The molecule has 82 valence electrons. The summed E-state index contributed by atoms with van der Waals surface area (Å²) in [5.74, 6) is 0.692. The average Bonchev–Trinajstić information content (AvgIpc) is 2.13. The summed E-state index contributed by atoms with van der Waals surface area (Å²) < 4.78 is 0. The molecule has 1 rings (SSSR count). The van der Waals surface area contributed by atoms with Crippen LogP contribution in [0.1, 0.15) is 54.4 Å². The van der Waals surface area contributed by atoms with Crippen LogP contribution in [0.4, 0.5) is 0 Å². The second-order valence-corrected chi connectivity index (χ2v) is 4.78. The Kier molecular flexibility index (Phi) is 5.18. The fourth-order valence-electron chi connectivity index (χ4n) is 1.56. The van der Waals surface area contributed by atoms with Crippen LogP contribution in [-0.2, 0) is 0 Å². The molecule has 0 unspecified atom stereocenters. The summed E-state index contributed by atoms with van der Waals surface area (Å²) in [5, 5.41) is 0. The molecule has 0 heteroatoms. The summed E-state index contributed by atoms with van der Waals surface area (Å²) in [6.07, 6.45) is 4.81. The lowest BCUT2D eigenvalue weighted by atomic mass is 9.73. The third kappa shape index (κ3) is 3.32. The van der Waals surface area contributed by atoms with Gasteiger partial charge in [-0.15, -0.1) is 0 Å². The summed E-state index contributed by atoms with van der Waals surface area (Å²) >= 11 is 0. The highest BCUT2D eigenvalue weighted by Crippen LogP contribution is 2.39. The molecule has 14 heavy (non-hydrogen) atoms. The normalized spacial score (nSPS) is 19.9. The van der Waals surface area contributed by atoms with Crippen molar-refractivity contribution >= 4 is 0 Å². The van der Waals surface area contributed by atoms with Gasteiger partial charge in [0.05, 0.1) is 0 Å². The lowest BCUT2D eigenvalue weighted by Crippen LogP contribution is -2.18. The molecule has 0 heterocycles. The van der Waals surface area contributed by atoms with E-state index in [-0.39, 0.29) is 0 Å². The van der Waals surface area contributed by atoms with Crippen molar-refractivity contribution in [3.8, 4) is 0 Å². The van der Waals surface area contributed by atoms with Gasteiger partial charge >= 0.3 is 0 Å². The molecule has 0 radical (unpaired) electrons. The van der Waals surface area contributed by atoms with Gasteiger partial charge in [-0.25, -0.2) is 0 Å². The van der Waals surface area contributed by atoms with Crippen molar-refractivity contribution in [3.63, 3.8) is 0 Å². The Morgan fingerprint density at radius 1 is 1.29 bits per heavy atom. The largest absolute Gasteiger partial charge is 0.0953 e. The number of rotatable bonds is 1. The molecular formula is C14H26. The SMILES string of the molecule is C=C1C=C(C(C)C)CCC1(C)C.CC. The van der Waals surface area contributed by atoms with Crippen molar-refractivity contribution in [1.82, 2.24) is 0 Å². The van der Waals surface area contributed by atoms with E-state index in [1.54, 1.807) is 5.57 Å². The molecule has 0 fully saturated rings. The number of hydrogen-bond donors (Lipinski definition) is 0. The van der Waals surface area contributed by atoms with E-state index < -0.39 is 0 Å². The predicted molar refractivity (Wildman–Crippen MR) is 66.4 cm³/mol. The first-order valence-electron chi connectivity index (χ1n) is 5.83. The molecule has 0 spiro atoms. The highest BCUT2D eigenvalue weighted by Gasteiger charge is 2.25. The van der Waals surface area contributed by atoms with Crippen molar-refractivity contribution in [2.24, 2.45) is 11.3 Å². The smallest absolute Gasteiger partial charge is 0.0106 e. The van der Waals surface area contributed by atoms with Crippen LogP contribution >= 0.6 is 0 Å². The van der Waals surface area contributed by atoms with Gasteiger partial charge in [0, 0.05) is 0 Å². The van der Waals surface area contributed by atoms with Crippen LogP contribution < -0.4 is 0 Å². The highest BCUT2D eigenvalue weighted by molar-refractivity contribution is 5.30. The second kappa shape index (κ2) is 5.38. The van der Waals surface area contributed by atoms with Crippen molar-refractivity contribution in [3.05, 3.63) is 23.8 Å². The lowest BCUT2D eigenvalue weighted by molar-refractivity contribution is 0.395. The van der Waals surface area contributed by atoms with Crippen LogP contribution in [0.5, 0.6) is 0 Å². The zero-order valence-corrected chi connectivity index (χ0v) is 10.8. The van der Waals surface area contributed by atoms with E-state index in [2.05, 4.69) is 40.3 Å². The molecule has 0 bridgehead atoms. The van der Waals surface area contributed by atoms with Crippen LogP contribution in [0.25, 0.3) is 0 Å². The van der Waals surface area contributed by atoms with Crippen molar-refractivity contribution < 1.29 is 0 Å². The highest BCUT2D eigenvalue weighted by atomic mass is 14.3. The van der Waals surface area contributed by atoms with Gasteiger partial charge in [0.15, 0.2) is 0 Å². The first-order chi connectivity index (χ1) is 6.43. The van der Waals surface area contributed by atoms with E-state index in [0.29, 0.717) is 11.3 Å². The minimum atomic E-state index is 0.332. The van der Waals surface area contributed by atoms with Gasteiger partial charge in [-0.1, -0.05) is 59.8 Å². The molecule has 0 aromatic heterocycles. The van der Waals surface area contributed by atoms with Gasteiger partial charge in [0.2, 0.25) is 0 Å². The predicted octanol–water partition coefficient (Wildman–Crippen LogP) is 4.97.